The fraction of sp³-hybridized carbons (Fsp3) is 0.625. The number of ether oxygens (including phenoxy) is 1. The molecule has 0 saturated heterocycles. The van der Waals surface area contributed by atoms with Gasteiger partial charge in [-0.15, -0.1) is 5.54 Å². The van der Waals surface area contributed by atoms with Gasteiger partial charge in [0.25, 0.3) is 0 Å². The highest BCUT2D eigenvalue weighted by Gasteiger charge is 2.07. The fourth-order valence-electron chi connectivity index (χ4n) is 0.463. The van der Waals surface area contributed by atoms with Gasteiger partial charge in [0.2, 0.25) is 0 Å². The molecule has 0 radical (unpaired) electrons. The van der Waals surface area contributed by atoms with E-state index in [0.717, 1.165) is 0 Å². The van der Waals surface area contributed by atoms with Gasteiger partial charge in [-0.05, 0) is 0 Å². The lowest BCUT2D eigenvalue weighted by Crippen LogP contribution is -2.17. The van der Waals surface area contributed by atoms with E-state index in [1.165, 1.54) is 0 Å². The van der Waals surface area contributed by atoms with Gasteiger partial charge >= 0.3 is 5.97 Å². The van der Waals surface area contributed by atoms with Gasteiger partial charge in [-0.25, -0.2) is 4.79 Å². The van der Waals surface area contributed by atoms with Gasteiger partial charge < -0.3 is 9.84 Å². The zero-order valence-corrected chi connectivity index (χ0v) is 8.68. The van der Waals surface area contributed by atoms with Crippen LogP contribution in [0.1, 0.15) is 0 Å². The minimum atomic E-state index is -1.35. The molecule has 0 aliphatic heterocycles. The monoisotopic (exact) mass is 186 g/mol. The molecule has 4 heteroatoms. The van der Waals surface area contributed by atoms with Crippen molar-refractivity contribution in [3.8, 4) is 11.5 Å². The van der Waals surface area contributed by atoms with Crippen LogP contribution in [0.15, 0.2) is 0 Å². The van der Waals surface area contributed by atoms with E-state index >= 15 is 0 Å². The van der Waals surface area contributed by atoms with Crippen LogP contribution in [0, 0.1) is 11.5 Å². The summed E-state index contributed by atoms with van der Waals surface area (Å²) in [5.74, 6) is 2.12. The Balaban J connectivity index is 3.67. The quantitative estimate of drug-likeness (QED) is 0.386. The smallest absolute Gasteiger partial charge is 0.332 e. The van der Waals surface area contributed by atoms with E-state index in [1.807, 2.05) is 0 Å². The highest BCUT2D eigenvalue weighted by Crippen LogP contribution is 1.95. The van der Waals surface area contributed by atoms with Crippen LogP contribution in [0.2, 0.25) is 19.6 Å². The topological polar surface area (TPSA) is 46.5 Å². The number of carbonyl (C=O) groups is 1. The van der Waals surface area contributed by atoms with Gasteiger partial charge in [0, 0.05) is 0 Å². The van der Waals surface area contributed by atoms with Crippen molar-refractivity contribution in [1.29, 1.82) is 0 Å². The Kier molecular flexibility index (Phi) is 4.63. The van der Waals surface area contributed by atoms with Crippen LogP contribution in [0.5, 0.6) is 0 Å². The first-order valence-corrected chi connectivity index (χ1v) is 7.22. The van der Waals surface area contributed by atoms with Crippen LogP contribution in [-0.2, 0) is 9.53 Å². The fourth-order valence-corrected chi connectivity index (χ4v) is 1.07. The second kappa shape index (κ2) is 4.96. The summed E-state index contributed by atoms with van der Waals surface area (Å²) in [6.07, 6.45) is 0. The summed E-state index contributed by atoms with van der Waals surface area (Å²) < 4.78 is 4.55. The highest BCUT2D eigenvalue weighted by molar-refractivity contribution is 6.83. The molecule has 0 aromatic heterocycles. The number of carbonyl (C=O) groups excluding carboxylic acids is 1. The maximum absolute atomic E-state index is 10.4. The largest absolute Gasteiger partial charge is 0.451 e. The first-order chi connectivity index (χ1) is 5.45. The molecule has 0 bridgehead atoms. The molecule has 0 rings (SSSR count). The number of rotatable bonds is 2. The summed E-state index contributed by atoms with van der Waals surface area (Å²) in [4.78, 5) is 10.4. The highest BCUT2D eigenvalue weighted by atomic mass is 28.3. The van der Waals surface area contributed by atoms with Gasteiger partial charge in [0.1, 0.15) is 14.7 Å². The molecule has 0 unspecified atom stereocenters. The second-order valence-electron chi connectivity index (χ2n) is 3.37. The van der Waals surface area contributed by atoms with E-state index < -0.39 is 20.7 Å². The summed E-state index contributed by atoms with van der Waals surface area (Å²) in [5.41, 5.74) is 3.03. The molecule has 68 valence electrons. The summed E-state index contributed by atoms with van der Waals surface area (Å²) in [6, 6.07) is 0. The molecule has 0 heterocycles. The Morgan fingerprint density at radius 1 is 1.50 bits per heavy atom. The Bertz CT molecular complexity index is 207. The van der Waals surface area contributed by atoms with Crippen molar-refractivity contribution in [3.63, 3.8) is 0 Å². The number of aliphatic hydroxyl groups excluding tert-OH is 1. The predicted octanol–water partition coefficient (Wildman–Crippen LogP) is 0.403. The van der Waals surface area contributed by atoms with Crippen LogP contribution >= 0.6 is 0 Å². The van der Waals surface area contributed by atoms with Crippen molar-refractivity contribution in [2.24, 2.45) is 0 Å². The van der Waals surface area contributed by atoms with E-state index in [9.17, 15) is 4.79 Å². The molecule has 0 amide bonds. The van der Waals surface area contributed by atoms with Crippen molar-refractivity contribution in [1.82, 2.24) is 0 Å². The van der Waals surface area contributed by atoms with Gasteiger partial charge in [-0.3, -0.25) is 0 Å². The zero-order valence-electron chi connectivity index (χ0n) is 7.68. The van der Waals surface area contributed by atoms with Crippen molar-refractivity contribution < 1.29 is 14.6 Å². The number of hydrogen-bond acceptors (Lipinski definition) is 3. The summed E-state index contributed by atoms with van der Waals surface area (Å²) in [5, 5.41) is 8.28. The molecule has 0 aliphatic carbocycles. The van der Waals surface area contributed by atoms with E-state index in [2.05, 4.69) is 35.8 Å². The van der Waals surface area contributed by atoms with Gasteiger partial charge in [-0.1, -0.05) is 25.6 Å². The lowest BCUT2D eigenvalue weighted by molar-refractivity contribution is -0.145. The maximum Gasteiger partial charge on any atom is 0.332 e. The number of esters is 1. The number of aliphatic hydroxyl groups is 1. The molecule has 0 saturated carbocycles. The Labute approximate surface area is 73.7 Å². The molecule has 3 nitrogen and oxygen atoms in total. The van der Waals surface area contributed by atoms with Gasteiger partial charge in [0.15, 0.2) is 6.61 Å². The molecule has 0 aromatic rings. The number of hydrogen-bond donors (Lipinski definition) is 1. The van der Waals surface area contributed by atoms with Crippen molar-refractivity contribution in [2.45, 2.75) is 19.6 Å². The lowest BCUT2D eigenvalue weighted by atomic mass is 10.7. The summed E-state index contributed by atoms with van der Waals surface area (Å²) in [7, 11) is -1.35. The normalized spacial score (nSPS) is 10.0. The van der Waals surface area contributed by atoms with Gasteiger partial charge in [-0.2, -0.15) is 0 Å². The minimum absolute atomic E-state index is 0.0870. The van der Waals surface area contributed by atoms with Crippen LogP contribution < -0.4 is 0 Å². The average Bonchev–Trinajstić information content (AvgIpc) is 1.96. The van der Waals surface area contributed by atoms with E-state index in [4.69, 9.17) is 5.11 Å². The van der Waals surface area contributed by atoms with Crippen molar-refractivity contribution in [2.75, 3.05) is 13.2 Å². The molecule has 0 aromatic carbocycles. The van der Waals surface area contributed by atoms with Crippen LogP contribution in [0.4, 0.5) is 0 Å². The van der Waals surface area contributed by atoms with E-state index in [-0.39, 0.29) is 6.61 Å². The molecule has 0 fully saturated rings. The third-order valence-electron chi connectivity index (χ3n) is 0.898. The molecular weight excluding hydrogens is 172 g/mol. The Morgan fingerprint density at radius 2 is 2.08 bits per heavy atom. The SMILES string of the molecule is C[Si](C)(C)C#CCOC(=O)CO. The standard InChI is InChI=1S/C8H14O3Si/c1-12(2,3)6-4-5-11-8(10)7-9/h9H,5,7H2,1-3H3. The molecular formula is C8H14O3Si. The third kappa shape index (κ3) is 7.32. The Hall–Kier alpha value is -0.793. The maximum atomic E-state index is 10.4. The first-order valence-electron chi connectivity index (χ1n) is 3.72. The minimum Gasteiger partial charge on any atom is -0.451 e. The van der Waals surface area contributed by atoms with Gasteiger partial charge in [0.05, 0.1) is 0 Å². The zero-order chi connectivity index (χ0) is 9.61. The molecule has 0 atom stereocenters. The Morgan fingerprint density at radius 3 is 2.50 bits per heavy atom. The molecule has 0 spiro atoms. The second-order valence-corrected chi connectivity index (χ2v) is 8.12. The lowest BCUT2D eigenvalue weighted by Gasteiger charge is -2.03. The first kappa shape index (κ1) is 11.2. The molecule has 1 N–H and O–H groups in total. The van der Waals surface area contributed by atoms with Crippen molar-refractivity contribution >= 4 is 14.0 Å². The summed E-state index contributed by atoms with van der Waals surface area (Å²) in [6.45, 7) is 5.83. The van der Waals surface area contributed by atoms with E-state index in [1.54, 1.807) is 0 Å². The third-order valence-corrected chi connectivity index (χ3v) is 1.82. The van der Waals surface area contributed by atoms with Crippen LogP contribution in [-0.4, -0.2) is 32.4 Å². The molecule has 0 aliphatic rings. The van der Waals surface area contributed by atoms with Crippen molar-refractivity contribution in [3.05, 3.63) is 0 Å². The summed E-state index contributed by atoms with van der Waals surface area (Å²) >= 11 is 0. The predicted molar refractivity (Wildman–Crippen MR) is 49.2 cm³/mol. The van der Waals surface area contributed by atoms with Crippen LogP contribution in [0.3, 0.4) is 0 Å². The van der Waals surface area contributed by atoms with Crippen LogP contribution in [0.25, 0.3) is 0 Å². The molecule has 12 heavy (non-hydrogen) atoms. The van der Waals surface area contributed by atoms with E-state index in [0.29, 0.717) is 0 Å². The average molecular weight is 186 g/mol.